The van der Waals surface area contributed by atoms with Crippen molar-refractivity contribution in [2.75, 3.05) is 0 Å². The number of pyridine rings is 1. The van der Waals surface area contributed by atoms with Gasteiger partial charge in [-0.2, -0.15) is 0 Å². The zero-order chi connectivity index (χ0) is 12.0. The second-order valence-corrected chi connectivity index (χ2v) is 3.98. The molecular formula is C12H18N2O2. The topological polar surface area (TPSA) is 62.2 Å². The average Bonchev–Trinajstić information content (AvgIpc) is 2.27. The van der Waals surface area contributed by atoms with Gasteiger partial charge in [-0.25, -0.2) is 0 Å². The Kier molecular flexibility index (Phi) is 4.92. The summed E-state index contributed by atoms with van der Waals surface area (Å²) >= 11 is 0. The summed E-state index contributed by atoms with van der Waals surface area (Å²) in [6, 6.07) is 6.10. The minimum Gasteiger partial charge on any atom is -0.481 e. The van der Waals surface area contributed by atoms with Crippen LogP contribution in [0.25, 0.3) is 0 Å². The monoisotopic (exact) mass is 222 g/mol. The van der Waals surface area contributed by atoms with Crippen LogP contribution in [-0.4, -0.2) is 22.1 Å². The molecule has 1 rings (SSSR count). The lowest BCUT2D eigenvalue weighted by Crippen LogP contribution is -2.29. The van der Waals surface area contributed by atoms with E-state index in [2.05, 4.69) is 10.3 Å². The molecule has 4 heteroatoms. The molecule has 1 aromatic rings. The smallest absolute Gasteiger partial charge is 0.303 e. The summed E-state index contributed by atoms with van der Waals surface area (Å²) in [5, 5.41) is 11.9. The molecule has 1 aromatic heterocycles. The molecule has 4 nitrogen and oxygen atoms in total. The normalized spacial score (nSPS) is 14.4. The van der Waals surface area contributed by atoms with Gasteiger partial charge >= 0.3 is 5.97 Å². The van der Waals surface area contributed by atoms with Crippen LogP contribution in [0.5, 0.6) is 0 Å². The van der Waals surface area contributed by atoms with Crippen molar-refractivity contribution in [1.29, 1.82) is 0 Å². The van der Waals surface area contributed by atoms with Crippen LogP contribution >= 0.6 is 0 Å². The van der Waals surface area contributed by atoms with Gasteiger partial charge in [-0.15, -0.1) is 0 Å². The molecule has 2 atom stereocenters. The number of hydrogen-bond donors (Lipinski definition) is 2. The van der Waals surface area contributed by atoms with Gasteiger partial charge in [0.1, 0.15) is 0 Å². The average molecular weight is 222 g/mol. The number of aliphatic carboxylic acids is 1. The quantitative estimate of drug-likeness (QED) is 0.772. The fourth-order valence-electron chi connectivity index (χ4n) is 1.57. The first kappa shape index (κ1) is 12.6. The van der Waals surface area contributed by atoms with E-state index in [0.717, 1.165) is 5.69 Å². The molecule has 0 aromatic carbocycles. The number of carboxylic acids is 1. The lowest BCUT2D eigenvalue weighted by Gasteiger charge is -2.18. The lowest BCUT2D eigenvalue weighted by atomic mass is 10.1. The first-order valence-corrected chi connectivity index (χ1v) is 5.48. The minimum absolute atomic E-state index is 0.144. The zero-order valence-corrected chi connectivity index (χ0v) is 9.68. The first-order valence-electron chi connectivity index (χ1n) is 5.48. The largest absolute Gasteiger partial charge is 0.481 e. The maximum absolute atomic E-state index is 10.4. The molecule has 0 spiro atoms. The summed E-state index contributed by atoms with van der Waals surface area (Å²) in [6.07, 6.45) is 2.59. The number of aromatic nitrogens is 1. The Balaban J connectivity index is 2.39. The van der Waals surface area contributed by atoms with Crippen LogP contribution < -0.4 is 5.32 Å². The highest BCUT2D eigenvalue weighted by atomic mass is 16.4. The Bertz CT molecular complexity index is 327. The van der Waals surface area contributed by atoms with Gasteiger partial charge < -0.3 is 10.4 Å². The van der Waals surface area contributed by atoms with E-state index in [1.54, 1.807) is 6.20 Å². The van der Waals surface area contributed by atoms with Gasteiger partial charge in [0.25, 0.3) is 0 Å². The van der Waals surface area contributed by atoms with Gasteiger partial charge in [-0.1, -0.05) is 6.07 Å². The maximum Gasteiger partial charge on any atom is 0.303 e. The van der Waals surface area contributed by atoms with Crippen LogP contribution in [0.4, 0.5) is 0 Å². The summed E-state index contributed by atoms with van der Waals surface area (Å²) < 4.78 is 0. The van der Waals surface area contributed by atoms with Crippen molar-refractivity contribution < 1.29 is 9.90 Å². The molecule has 0 radical (unpaired) electrons. The molecule has 0 fully saturated rings. The van der Waals surface area contributed by atoms with Crippen LogP contribution in [-0.2, 0) is 4.79 Å². The number of hydrogen-bond acceptors (Lipinski definition) is 3. The second kappa shape index (κ2) is 6.23. The Morgan fingerprint density at radius 1 is 1.50 bits per heavy atom. The molecular weight excluding hydrogens is 204 g/mol. The summed E-state index contributed by atoms with van der Waals surface area (Å²) in [7, 11) is 0. The molecule has 2 unspecified atom stereocenters. The third kappa shape index (κ3) is 4.40. The standard InChI is InChI=1S/C12H18N2O2/c1-9(6-7-12(15)16)14-10(2)11-5-3-4-8-13-11/h3-5,8-10,14H,6-7H2,1-2H3,(H,15,16). The van der Waals surface area contributed by atoms with Crippen LogP contribution in [0.3, 0.4) is 0 Å². The van der Waals surface area contributed by atoms with E-state index in [0.29, 0.717) is 6.42 Å². The Hall–Kier alpha value is -1.42. The van der Waals surface area contributed by atoms with Crippen LogP contribution in [0.2, 0.25) is 0 Å². The molecule has 0 aliphatic heterocycles. The number of carboxylic acid groups (broad SMARTS) is 1. The summed E-state index contributed by atoms with van der Waals surface area (Å²) in [4.78, 5) is 14.7. The highest BCUT2D eigenvalue weighted by Gasteiger charge is 2.11. The predicted molar refractivity (Wildman–Crippen MR) is 62.1 cm³/mol. The number of nitrogens with one attached hydrogen (secondary N) is 1. The third-order valence-electron chi connectivity index (χ3n) is 2.46. The van der Waals surface area contributed by atoms with Gasteiger partial charge in [0.05, 0.1) is 5.69 Å². The van der Waals surface area contributed by atoms with E-state index in [9.17, 15) is 4.79 Å². The van der Waals surface area contributed by atoms with Crippen molar-refractivity contribution in [1.82, 2.24) is 10.3 Å². The van der Waals surface area contributed by atoms with Gasteiger partial charge in [0.2, 0.25) is 0 Å². The van der Waals surface area contributed by atoms with Crippen molar-refractivity contribution in [2.24, 2.45) is 0 Å². The fraction of sp³-hybridized carbons (Fsp3) is 0.500. The summed E-state index contributed by atoms with van der Waals surface area (Å²) in [5.74, 6) is -0.751. The first-order chi connectivity index (χ1) is 7.59. The minimum atomic E-state index is -0.751. The molecule has 16 heavy (non-hydrogen) atoms. The van der Waals surface area contributed by atoms with Gasteiger partial charge in [0, 0.05) is 24.7 Å². The molecule has 0 amide bonds. The van der Waals surface area contributed by atoms with E-state index >= 15 is 0 Å². The Morgan fingerprint density at radius 3 is 2.81 bits per heavy atom. The van der Waals surface area contributed by atoms with Crippen LogP contribution in [0.15, 0.2) is 24.4 Å². The third-order valence-corrected chi connectivity index (χ3v) is 2.46. The number of nitrogens with zero attached hydrogens (tertiary/aromatic N) is 1. The van der Waals surface area contributed by atoms with E-state index in [-0.39, 0.29) is 18.5 Å². The second-order valence-electron chi connectivity index (χ2n) is 3.98. The van der Waals surface area contributed by atoms with E-state index in [1.807, 2.05) is 32.0 Å². The van der Waals surface area contributed by atoms with Crippen LogP contribution in [0.1, 0.15) is 38.4 Å². The van der Waals surface area contributed by atoms with Crippen LogP contribution in [0, 0.1) is 0 Å². The molecule has 0 aliphatic carbocycles. The van der Waals surface area contributed by atoms with Crippen molar-refractivity contribution in [2.45, 2.75) is 38.8 Å². The van der Waals surface area contributed by atoms with Crippen molar-refractivity contribution in [3.05, 3.63) is 30.1 Å². The molecule has 0 aliphatic rings. The SMILES string of the molecule is CC(CCC(=O)O)NC(C)c1ccccn1. The van der Waals surface area contributed by atoms with Crippen molar-refractivity contribution >= 4 is 5.97 Å². The van der Waals surface area contributed by atoms with Gasteiger partial charge in [-0.05, 0) is 32.4 Å². The van der Waals surface area contributed by atoms with Crippen molar-refractivity contribution in [3.8, 4) is 0 Å². The molecule has 2 N–H and O–H groups in total. The highest BCUT2D eigenvalue weighted by molar-refractivity contribution is 5.66. The zero-order valence-electron chi connectivity index (χ0n) is 9.68. The van der Waals surface area contributed by atoms with Crippen molar-refractivity contribution in [3.63, 3.8) is 0 Å². The van der Waals surface area contributed by atoms with E-state index in [1.165, 1.54) is 0 Å². The molecule has 0 saturated carbocycles. The maximum atomic E-state index is 10.4. The number of carbonyl (C=O) groups is 1. The Morgan fingerprint density at radius 2 is 2.25 bits per heavy atom. The fourth-order valence-corrected chi connectivity index (χ4v) is 1.57. The highest BCUT2D eigenvalue weighted by Crippen LogP contribution is 2.10. The molecule has 88 valence electrons. The van der Waals surface area contributed by atoms with E-state index in [4.69, 9.17) is 5.11 Å². The lowest BCUT2D eigenvalue weighted by molar-refractivity contribution is -0.137. The molecule has 0 saturated heterocycles. The van der Waals surface area contributed by atoms with Gasteiger partial charge in [0.15, 0.2) is 0 Å². The molecule has 0 bridgehead atoms. The summed E-state index contributed by atoms with van der Waals surface area (Å²) in [6.45, 7) is 4.02. The van der Waals surface area contributed by atoms with E-state index < -0.39 is 5.97 Å². The van der Waals surface area contributed by atoms with Gasteiger partial charge in [-0.3, -0.25) is 9.78 Å². The molecule has 1 heterocycles. The Labute approximate surface area is 95.7 Å². The predicted octanol–water partition coefficient (Wildman–Crippen LogP) is 1.99. The number of rotatable bonds is 6. The summed E-state index contributed by atoms with van der Waals surface area (Å²) in [5.41, 5.74) is 0.977.